The molecule has 2 N–H and O–H groups in total. The summed E-state index contributed by atoms with van der Waals surface area (Å²) in [6.45, 7) is 0.805. The first-order chi connectivity index (χ1) is 10.1. The number of thiocarbonyl (C=S) groups is 1. The number of fused-ring (bicyclic) bond motifs is 1. The SMILES string of the molecule is NC(=S)c1ccc(Cn2nc3n(c2=O)CCCC3)c(F)c1. The number of benzene rings is 1. The maximum absolute atomic E-state index is 14.0. The van der Waals surface area contributed by atoms with Crippen LogP contribution in [-0.2, 0) is 19.5 Å². The van der Waals surface area contributed by atoms with E-state index in [2.05, 4.69) is 5.10 Å². The van der Waals surface area contributed by atoms with Crippen molar-refractivity contribution >= 4 is 17.2 Å². The second kappa shape index (κ2) is 5.40. The summed E-state index contributed by atoms with van der Waals surface area (Å²) in [6, 6.07) is 4.54. The average Bonchev–Trinajstić information content (AvgIpc) is 2.78. The summed E-state index contributed by atoms with van der Waals surface area (Å²) >= 11 is 4.81. The smallest absolute Gasteiger partial charge is 0.346 e. The van der Waals surface area contributed by atoms with Crippen molar-refractivity contribution in [3.63, 3.8) is 0 Å². The molecule has 0 saturated heterocycles. The summed E-state index contributed by atoms with van der Waals surface area (Å²) in [7, 11) is 0. The van der Waals surface area contributed by atoms with Crippen LogP contribution in [0.25, 0.3) is 0 Å². The molecule has 5 nitrogen and oxygen atoms in total. The number of aryl methyl sites for hydroxylation is 1. The first kappa shape index (κ1) is 13.9. The van der Waals surface area contributed by atoms with E-state index in [-0.39, 0.29) is 17.2 Å². The molecular formula is C14H15FN4OS. The maximum Gasteiger partial charge on any atom is 0.346 e. The average molecular weight is 306 g/mol. The summed E-state index contributed by atoms with van der Waals surface area (Å²) in [4.78, 5) is 12.4. The van der Waals surface area contributed by atoms with E-state index in [4.69, 9.17) is 18.0 Å². The van der Waals surface area contributed by atoms with Crippen molar-refractivity contribution in [3.8, 4) is 0 Å². The molecule has 7 heteroatoms. The molecule has 1 aromatic heterocycles. The van der Waals surface area contributed by atoms with Gasteiger partial charge in [0.2, 0.25) is 0 Å². The van der Waals surface area contributed by atoms with E-state index in [0.29, 0.717) is 17.7 Å². The Balaban J connectivity index is 1.92. The fraction of sp³-hybridized carbons (Fsp3) is 0.357. The third kappa shape index (κ3) is 2.61. The highest BCUT2D eigenvalue weighted by molar-refractivity contribution is 7.80. The van der Waals surface area contributed by atoms with E-state index in [1.807, 2.05) is 0 Å². The summed E-state index contributed by atoms with van der Waals surface area (Å²) in [5.74, 6) is 0.351. The van der Waals surface area contributed by atoms with Crippen LogP contribution in [0.15, 0.2) is 23.0 Å². The number of aromatic nitrogens is 3. The fourth-order valence-corrected chi connectivity index (χ4v) is 2.67. The van der Waals surface area contributed by atoms with Crippen LogP contribution in [0.1, 0.15) is 29.8 Å². The molecule has 0 fully saturated rings. The number of rotatable bonds is 3. The van der Waals surface area contributed by atoms with Crippen LogP contribution in [0.3, 0.4) is 0 Å². The molecule has 0 atom stereocenters. The van der Waals surface area contributed by atoms with Gasteiger partial charge in [-0.05, 0) is 18.9 Å². The minimum Gasteiger partial charge on any atom is -0.389 e. The number of hydrogen-bond acceptors (Lipinski definition) is 3. The van der Waals surface area contributed by atoms with Crippen LogP contribution in [0.4, 0.5) is 4.39 Å². The van der Waals surface area contributed by atoms with Crippen LogP contribution in [-0.4, -0.2) is 19.3 Å². The van der Waals surface area contributed by atoms with Crippen LogP contribution < -0.4 is 11.4 Å². The van der Waals surface area contributed by atoms with Crippen LogP contribution >= 0.6 is 12.2 Å². The van der Waals surface area contributed by atoms with Gasteiger partial charge in [-0.2, -0.15) is 5.10 Å². The molecule has 0 saturated carbocycles. The molecule has 1 aliphatic heterocycles. The lowest BCUT2D eigenvalue weighted by atomic mass is 10.1. The van der Waals surface area contributed by atoms with Gasteiger partial charge in [-0.1, -0.05) is 24.4 Å². The molecule has 2 aromatic rings. The third-order valence-electron chi connectivity index (χ3n) is 3.69. The summed E-state index contributed by atoms with van der Waals surface area (Å²) in [6.07, 6.45) is 2.81. The molecule has 2 heterocycles. The van der Waals surface area contributed by atoms with E-state index >= 15 is 0 Å². The zero-order valence-electron chi connectivity index (χ0n) is 11.4. The Labute approximate surface area is 126 Å². The van der Waals surface area contributed by atoms with Crippen LogP contribution in [0.2, 0.25) is 0 Å². The van der Waals surface area contributed by atoms with E-state index < -0.39 is 5.82 Å². The van der Waals surface area contributed by atoms with E-state index in [1.165, 1.54) is 10.7 Å². The monoisotopic (exact) mass is 306 g/mol. The molecule has 1 aliphatic rings. The minimum absolute atomic E-state index is 0.113. The van der Waals surface area contributed by atoms with Gasteiger partial charge >= 0.3 is 5.69 Å². The number of halogens is 1. The Kier molecular flexibility index (Phi) is 3.59. The minimum atomic E-state index is -0.432. The van der Waals surface area contributed by atoms with Gasteiger partial charge < -0.3 is 5.73 Å². The Morgan fingerprint density at radius 2 is 2.24 bits per heavy atom. The molecular weight excluding hydrogens is 291 g/mol. The fourth-order valence-electron chi connectivity index (χ4n) is 2.54. The number of nitrogens with zero attached hydrogens (tertiary/aromatic N) is 3. The lowest BCUT2D eigenvalue weighted by Crippen LogP contribution is -2.27. The molecule has 110 valence electrons. The Morgan fingerprint density at radius 3 is 2.90 bits per heavy atom. The first-order valence-electron chi connectivity index (χ1n) is 6.81. The highest BCUT2D eigenvalue weighted by Crippen LogP contribution is 2.13. The second-order valence-electron chi connectivity index (χ2n) is 5.14. The van der Waals surface area contributed by atoms with Crippen LogP contribution in [0, 0.1) is 5.82 Å². The van der Waals surface area contributed by atoms with Crippen molar-refractivity contribution < 1.29 is 4.39 Å². The van der Waals surface area contributed by atoms with Gasteiger partial charge in [0.05, 0.1) is 6.54 Å². The van der Waals surface area contributed by atoms with Gasteiger partial charge in [-0.25, -0.2) is 13.9 Å². The molecule has 0 amide bonds. The number of hydrogen-bond donors (Lipinski definition) is 1. The van der Waals surface area contributed by atoms with Crippen molar-refractivity contribution in [3.05, 3.63) is 51.5 Å². The molecule has 0 unspecified atom stereocenters. The van der Waals surface area contributed by atoms with Crippen molar-refractivity contribution in [1.82, 2.24) is 14.3 Å². The van der Waals surface area contributed by atoms with Crippen molar-refractivity contribution in [1.29, 1.82) is 0 Å². The summed E-state index contributed by atoms with van der Waals surface area (Å²) in [5.41, 5.74) is 6.16. The Hall–Kier alpha value is -2.02. The van der Waals surface area contributed by atoms with E-state index in [9.17, 15) is 9.18 Å². The normalized spacial score (nSPS) is 14.0. The maximum atomic E-state index is 14.0. The van der Waals surface area contributed by atoms with Gasteiger partial charge in [0, 0.05) is 24.1 Å². The topological polar surface area (TPSA) is 65.8 Å². The summed E-state index contributed by atoms with van der Waals surface area (Å²) in [5, 5.41) is 4.29. The highest BCUT2D eigenvalue weighted by atomic mass is 32.1. The van der Waals surface area contributed by atoms with E-state index in [1.54, 1.807) is 16.7 Å². The van der Waals surface area contributed by atoms with Gasteiger partial charge in [-0.3, -0.25) is 4.57 Å². The lowest BCUT2D eigenvalue weighted by Gasteiger charge is -2.09. The zero-order valence-corrected chi connectivity index (χ0v) is 12.2. The largest absolute Gasteiger partial charge is 0.389 e. The van der Waals surface area contributed by atoms with Crippen LogP contribution in [0.5, 0.6) is 0 Å². The van der Waals surface area contributed by atoms with Gasteiger partial charge in [0.25, 0.3) is 0 Å². The third-order valence-corrected chi connectivity index (χ3v) is 3.92. The molecule has 0 radical (unpaired) electrons. The molecule has 0 spiro atoms. The van der Waals surface area contributed by atoms with Gasteiger partial charge in [0.1, 0.15) is 16.6 Å². The van der Waals surface area contributed by atoms with Gasteiger partial charge in [0.15, 0.2) is 0 Å². The first-order valence-corrected chi connectivity index (χ1v) is 7.22. The van der Waals surface area contributed by atoms with Gasteiger partial charge in [-0.15, -0.1) is 0 Å². The van der Waals surface area contributed by atoms with Crippen molar-refractivity contribution in [2.24, 2.45) is 5.73 Å². The standard InChI is InChI=1S/C14H15FN4OS/c15-11-7-9(13(16)21)4-5-10(11)8-19-14(20)18-6-2-1-3-12(18)17-19/h4-5,7H,1-3,6,8H2,(H2,16,21). The predicted molar refractivity (Wildman–Crippen MR) is 80.8 cm³/mol. The second-order valence-corrected chi connectivity index (χ2v) is 5.58. The Morgan fingerprint density at radius 1 is 1.43 bits per heavy atom. The summed E-state index contributed by atoms with van der Waals surface area (Å²) < 4.78 is 17.0. The zero-order chi connectivity index (χ0) is 15.0. The molecule has 1 aromatic carbocycles. The quantitative estimate of drug-likeness (QED) is 0.866. The molecule has 3 rings (SSSR count). The predicted octanol–water partition coefficient (Wildman–Crippen LogP) is 1.20. The highest BCUT2D eigenvalue weighted by Gasteiger charge is 2.17. The number of nitrogens with two attached hydrogens (primary N) is 1. The molecule has 0 aliphatic carbocycles. The lowest BCUT2D eigenvalue weighted by molar-refractivity contribution is 0.511. The Bertz CT molecular complexity index is 765. The molecule has 0 bridgehead atoms. The van der Waals surface area contributed by atoms with E-state index in [0.717, 1.165) is 25.1 Å². The van der Waals surface area contributed by atoms with Crippen molar-refractivity contribution in [2.75, 3.05) is 0 Å². The molecule has 21 heavy (non-hydrogen) atoms. The van der Waals surface area contributed by atoms with Crippen molar-refractivity contribution in [2.45, 2.75) is 32.4 Å².